The van der Waals surface area contributed by atoms with Crippen molar-refractivity contribution in [2.24, 2.45) is 0 Å². The first-order chi connectivity index (χ1) is 17.9. The Hall–Kier alpha value is -3.40. The monoisotopic (exact) mass is 535 g/mol. The van der Waals surface area contributed by atoms with Crippen LogP contribution in [0.1, 0.15) is 70.7 Å². The Bertz CT molecular complexity index is 1650. The topological polar surface area (TPSA) is 118 Å². The number of carbonyl (C=O) groups excluding carboxylic acids is 1. The molecule has 10 heteroatoms. The molecule has 3 heterocycles. The van der Waals surface area contributed by atoms with Crippen molar-refractivity contribution in [2.75, 3.05) is 0 Å². The van der Waals surface area contributed by atoms with E-state index in [1.807, 2.05) is 43.5 Å². The van der Waals surface area contributed by atoms with Gasteiger partial charge < -0.3 is 15.0 Å². The first-order valence-corrected chi connectivity index (χ1v) is 14.6. The molecule has 2 bridgehead atoms. The van der Waals surface area contributed by atoms with Crippen LogP contribution in [0.4, 0.5) is 4.79 Å². The number of benzene rings is 1. The van der Waals surface area contributed by atoms with Crippen molar-refractivity contribution in [1.29, 1.82) is 0 Å². The predicted molar refractivity (Wildman–Crippen MR) is 143 cm³/mol. The molecule has 200 valence electrons. The number of hydrogen-bond donors (Lipinski definition) is 2. The van der Waals surface area contributed by atoms with Gasteiger partial charge in [-0.05, 0) is 83.9 Å². The molecule has 0 saturated heterocycles. The van der Waals surface area contributed by atoms with Crippen LogP contribution in [0.2, 0.25) is 0 Å². The number of aromatic amines is 1. The maximum atomic E-state index is 14.0. The van der Waals surface area contributed by atoms with Gasteiger partial charge in [0.15, 0.2) is 10.7 Å². The van der Waals surface area contributed by atoms with Gasteiger partial charge in [0, 0.05) is 17.2 Å². The number of hydrogen-bond acceptors (Lipinski definition) is 6. The first-order valence-electron chi connectivity index (χ1n) is 13.1. The number of aromatic nitrogens is 4. The fourth-order valence-corrected chi connectivity index (χ4v) is 7.86. The van der Waals surface area contributed by atoms with Crippen molar-refractivity contribution in [3.63, 3.8) is 0 Å². The lowest BCUT2D eigenvalue weighted by atomic mass is 9.57. The van der Waals surface area contributed by atoms with Crippen LogP contribution in [0, 0.1) is 6.92 Å². The highest BCUT2D eigenvalue weighted by atomic mass is 32.2. The lowest BCUT2D eigenvalue weighted by molar-refractivity contribution is 0.0246. The average Bonchev–Trinajstić information content (AvgIpc) is 3.49. The SMILES string of the molecule is Cc1ccccc1S(=O)(=O)c1nc(C23CCC(NC(=O)OC(C)(C)C)(CC2)CC3)n2c1cnc1[nH]ccc12. The summed E-state index contributed by atoms with van der Waals surface area (Å²) in [6.07, 6.45) is 7.75. The van der Waals surface area contributed by atoms with E-state index >= 15 is 0 Å². The second kappa shape index (κ2) is 8.30. The summed E-state index contributed by atoms with van der Waals surface area (Å²) in [6, 6.07) is 8.92. The summed E-state index contributed by atoms with van der Waals surface area (Å²) in [6.45, 7) is 7.38. The highest BCUT2D eigenvalue weighted by Gasteiger charge is 2.53. The van der Waals surface area contributed by atoms with E-state index in [1.54, 1.807) is 31.3 Å². The molecular formula is C28H33N5O4S. The van der Waals surface area contributed by atoms with Crippen LogP contribution >= 0.6 is 0 Å². The normalized spacial score (nSPS) is 23.7. The fourth-order valence-electron chi connectivity index (χ4n) is 6.28. The molecule has 3 fully saturated rings. The number of nitrogens with one attached hydrogen (secondary N) is 2. The zero-order valence-electron chi connectivity index (χ0n) is 22.2. The van der Waals surface area contributed by atoms with Crippen LogP contribution < -0.4 is 5.32 Å². The number of imidazole rings is 1. The molecule has 4 aromatic rings. The maximum Gasteiger partial charge on any atom is 0.408 e. The van der Waals surface area contributed by atoms with Gasteiger partial charge in [-0.2, -0.15) is 0 Å². The van der Waals surface area contributed by atoms with Crippen molar-refractivity contribution < 1.29 is 17.9 Å². The number of nitrogens with zero attached hydrogens (tertiary/aromatic N) is 3. The van der Waals surface area contributed by atoms with E-state index in [1.165, 1.54) is 0 Å². The molecule has 3 aromatic heterocycles. The summed E-state index contributed by atoms with van der Waals surface area (Å²) >= 11 is 0. The minimum Gasteiger partial charge on any atom is -0.444 e. The number of ether oxygens (including phenoxy) is 1. The Morgan fingerprint density at radius 2 is 1.74 bits per heavy atom. The smallest absolute Gasteiger partial charge is 0.408 e. The molecule has 0 atom stereocenters. The van der Waals surface area contributed by atoms with E-state index < -0.39 is 15.4 Å². The van der Waals surface area contributed by atoms with Crippen LogP contribution in [0.5, 0.6) is 0 Å². The molecule has 0 unspecified atom stereocenters. The lowest BCUT2D eigenvalue weighted by Crippen LogP contribution is -2.58. The summed E-state index contributed by atoms with van der Waals surface area (Å²) in [5.41, 5.74) is 1.48. The summed E-state index contributed by atoms with van der Waals surface area (Å²) in [5.74, 6) is 0.761. The molecule has 0 radical (unpaired) electrons. The van der Waals surface area contributed by atoms with Crippen molar-refractivity contribution >= 4 is 32.6 Å². The van der Waals surface area contributed by atoms with Gasteiger partial charge in [0.1, 0.15) is 16.9 Å². The molecule has 7 rings (SSSR count). The predicted octanol–water partition coefficient (Wildman–Crippen LogP) is 5.22. The van der Waals surface area contributed by atoms with Gasteiger partial charge >= 0.3 is 6.09 Å². The number of H-pyrrole nitrogens is 1. The van der Waals surface area contributed by atoms with E-state index in [2.05, 4.69) is 15.3 Å². The minimum atomic E-state index is -3.89. The number of rotatable bonds is 4. The third-order valence-corrected chi connectivity index (χ3v) is 10.1. The molecule has 1 aromatic carbocycles. The Labute approximate surface area is 221 Å². The number of amides is 1. The van der Waals surface area contributed by atoms with Crippen molar-refractivity contribution in [3.8, 4) is 0 Å². The second-order valence-electron chi connectivity index (χ2n) is 11.9. The molecule has 2 N–H and O–H groups in total. The van der Waals surface area contributed by atoms with Crippen molar-refractivity contribution in [2.45, 2.75) is 92.7 Å². The van der Waals surface area contributed by atoms with E-state index in [9.17, 15) is 13.2 Å². The standard InChI is InChI=1S/C28H33N5O4S/c1-18-7-5-6-8-21(18)38(35,36)23-20-17-30-22-19(9-16-29-22)33(20)24(31-23)27-10-13-28(14-11-27,15-12-27)32-25(34)37-26(2,3)4/h5-9,16-17,29H,10-15H2,1-4H3,(H,32,34). The van der Waals surface area contributed by atoms with Gasteiger partial charge in [0.25, 0.3) is 0 Å². The first kappa shape index (κ1) is 24.9. The highest BCUT2D eigenvalue weighted by molar-refractivity contribution is 7.91. The third-order valence-electron chi connectivity index (χ3n) is 8.26. The van der Waals surface area contributed by atoms with Gasteiger partial charge in [-0.1, -0.05) is 18.2 Å². The van der Waals surface area contributed by atoms with Gasteiger partial charge in [-0.15, -0.1) is 0 Å². The largest absolute Gasteiger partial charge is 0.444 e. The Morgan fingerprint density at radius 3 is 2.39 bits per heavy atom. The van der Waals surface area contributed by atoms with Gasteiger partial charge in [0.2, 0.25) is 9.84 Å². The van der Waals surface area contributed by atoms with Crippen molar-refractivity contribution in [1.82, 2.24) is 24.7 Å². The van der Waals surface area contributed by atoms with Crippen LogP contribution in [-0.2, 0) is 20.0 Å². The van der Waals surface area contributed by atoms with E-state index in [4.69, 9.17) is 9.72 Å². The summed E-state index contributed by atoms with van der Waals surface area (Å²) < 4.78 is 35.4. The molecule has 3 aliphatic rings. The van der Waals surface area contributed by atoms with E-state index in [-0.39, 0.29) is 27.0 Å². The van der Waals surface area contributed by atoms with E-state index in [0.29, 0.717) is 16.7 Å². The maximum absolute atomic E-state index is 14.0. The van der Waals surface area contributed by atoms with Crippen molar-refractivity contribution in [3.05, 3.63) is 54.1 Å². The number of aryl methyl sites for hydroxylation is 1. The average molecular weight is 536 g/mol. The quantitative estimate of drug-likeness (QED) is 0.370. The summed E-state index contributed by atoms with van der Waals surface area (Å²) in [7, 11) is -3.89. The van der Waals surface area contributed by atoms with Crippen LogP contribution in [-0.4, -0.2) is 45.0 Å². The highest BCUT2D eigenvalue weighted by Crippen LogP contribution is 2.54. The summed E-state index contributed by atoms with van der Waals surface area (Å²) in [5, 5.41) is 3.21. The van der Waals surface area contributed by atoms with Gasteiger partial charge in [-0.25, -0.2) is 23.2 Å². The zero-order chi connectivity index (χ0) is 26.9. The van der Waals surface area contributed by atoms with Crippen LogP contribution in [0.15, 0.2) is 52.6 Å². The molecule has 9 nitrogen and oxygen atoms in total. The number of carbonyl (C=O) groups is 1. The van der Waals surface area contributed by atoms with E-state index in [0.717, 1.165) is 49.9 Å². The third kappa shape index (κ3) is 3.88. The summed E-state index contributed by atoms with van der Waals surface area (Å²) in [4.78, 5) is 25.4. The van der Waals surface area contributed by atoms with Gasteiger partial charge in [-0.3, -0.25) is 4.40 Å². The number of alkyl carbamates (subject to hydrolysis) is 1. The second-order valence-corrected chi connectivity index (χ2v) is 13.7. The lowest BCUT2D eigenvalue weighted by Gasteiger charge is -2.52. The van der Waals surface area contributed by atoms with Gasteiger partial charge in [0.05, 0.1) is 16.6 Å². The minimum absolute atomic E-state index is 0.0427. The Morgan fingerprint density at radius 1 is 1.05 bits per heavy atom. The molecule has 3 aliphatic carbocycles. The van der Waals surface area contributed by atoms with Crippen LogP contribution in [0.3, 0.4) is 0 Å². The molecule has 1 amide bonds. The zero-order valence-corrected chi connectivity index (χ0v) is 23.0. The molecule has 38 heavy (non-hydrogen) atoms. The number of fused-ring (bicyclic) bond motifs is 6. The molecular weight excluding hydrogens is 502 g/mol. The number of sulfone groups is 1. The Kier molecular flexibility index (Phi) is 5.44. The fraction of sp³-hybridized carbons (Fsp3) is 0.464. The molecule has 0 spiro atoms. The Balaban J connectivity index is 1.43. The molecule has 3 saturated carbocycles. The molecule has 0 aliphatic heterocycles. The van der Waals surface area contributed by atoms with Crippen LogP contribution in [0.25, 0.3) is 16.7 Å².